The summed E-state index contributed by atoms with van der Waals surface area (Å²) in [5, 5.41) is 2.95. The molecule has 0 aliphatic carbocycles. The standard InChI is InChI=1S/C14H24N4O2/c1-6-18(7-2)13(19)9-15-14-16-11(5)8-12(17-14)20-10(3)4/h8,10H,6-7,9H2,1-5H3,(H,15,16,17). The highest BCUT2D eigenvalue weighted by atomic mass is 16.5. The summed E-state index contributed by atoms with van der Waals surface area (Å²) in [4.78, 5) is 22.2. The minimum absolute atomic E-state index is 0.0337. The van der Waals surface area contributed by atoms with Gasteiger partial charge in [0, 0.05) is 24.8 Å². The number of ether oxygens (including phenoxy) is 1. The molecule has 1 amide bonds. The summed E-state index contributed by atoms with van der Waals surface area (Å²) in [6, 6.07) is 1.78. The molecule has 1 aromatic rings. The largest absolute Gasteiger partial charge is 0.475 e. The normalized spacial score (nSPS) is 10.5. The Hall–Kier alpha value is -1.85. The summed E-state index contributed by atoms with van der Waals surface area (Å²) in [5.41, 5.74) is 0.799. The zero-order valence-electron chi connectivity index (χ0n) is 12.9. The molecule has 0 atom stereocenters. The molecule has 112 valence electrons. The Morgan fingerprint density at radius 1 is 1.35 bits per heavy atom. The molecule has 0 saturated heterocycles. The lowest BCUT2D eigenvalue weighted by atomic mass is 10.4. The average Bonchev–Trinajstić information content (AvgIpc) is 2.36. The molecule has 6 nitrogen and oxygen atoms in total. The molecule has 0 saturated carbocycles. The number of hydrogen-bond acceptors (Lipinski definition) is 5. The van der Waals surface area contributed by atoms with Crippen molar-refractivity contribution >= 4 is 11.9 Å². The number of anilines is 1. The van der Waals surface area contributed by atoms with Crippen LogP contribution in [0.25, 0.3) is 0 Å². The van der Waals surface area contributed by atoms with E-state index in [9.17, 15) is 4.79 Å². The second kappa shape index (κ2) is 7.67. The van der Waals surface area contributed by atoms with Gasteiger partial charge in [-0.25, -0.2) is 4.98 Å². The van der Waals surface area contributed by atoms with E-state index in [1.165, 1.54) is 0 Å². The van der Waals surface area contributed by atoms with Crippen LogP contribution in [0.15, 0.2) is 6.07 Å². The van der Waals surface area contributed by atoms with Crippen molar-refractivity contribution in [1.82, 2.24) is 14.9 Å². The van der Waals surface area contributed by atoms with Gasteiger partial charge in [0.05, 0.1) is 12.6 Å². The van der Waals surface area contributed by atoms with E-state index in [1.54, 1.807) is 11.0 Å². The van der Waals surface area contributed by atoms with Crippen molar-refractivity contribution in [2.24, 2.45) is 0 Å². The Morgan fingerprint density at radius 2 is 2.00 bits per heavy atom. The van der Waals surface area contributed by atoms with E-state index in [0.717, 1.165) is 5.69 Å². The smallest absolute Gasteiger partial charge is 0.241 e. The minimum Gasteiger partial charge on any atom is -0.475 e. The molecule has 20 heavy (non-hydrogen) atoms. The van der Waals surface area contributed by atoms with E-state index in [4.69, 9.17) is 4.74 Å². The Bertz CT molecular complexity index is 445. The number of aryl methyl sites for hydroxylation is 1. The minimum atomic E-state index is 0.0337. The van der Waals surface area contributed by atoms with Crippen molar-refractivity contribution < 1.29 is 9.53 Å². The maximum absolute atomic E-state index is 11.9. The first-order valence-corrected chi connectivity index (χ1v) is 7.00. The van der Waals surface area contributed by atoms with E-state index >= 15 is 0 Å². The lowest BCUT2D eigenvalue weighted by Gasteiger charge is -2.19. The summed E-state index contributed by atoms with van der Waals surface area (Å²) in [6.45, 7) is 11.3. The summed E-state index contributed by atoms with van der Waals surface area (Å²) in [6.07, 6.45) is 0.0504. The van der Waals surface area contributed by atoms with Crippen LogP contribution in [0.2, 0.25) is 0 Å². The van der Waals surface area contributed by atoms with Gasteiger partial charge in [-0.3, -0.25) is 4.79 Å². The van der Waals surface area contributed by atoms with Crippen LogP contribution in [0.3, 0.4) is 0 Å². The molecule has 0 aliphatic heterocycles. The van der Waals surface area contributed by atoms with Gasteiger partial charge in [-0.1, -0.05) is 0 Å². The van der Waals surface area contributed by atoms with E-state index in [-0.39, 0.29) is 18.6 Å². The van der Waals surface area contributed by atoms with Gasteiger partial charge in [-0.15, -0.1) is 0 Å². The molecule has 0 spiro atoms. The molecule has 0 aromatic carbocycles. The number of carbonyl (C=O) groups excluding carboxylic acids is 1. The summed E-state index contributed by atoms with van der Waals surface area (Å²) in [5.74, 6) is 0.970. The van der Waals surface area contributed by atoms with Gasteiger partial charge in [0.1, 0.15) is 0 Å². The number of likely N-dealkylation sites (N-methyl/N-ethyl adjacent to an activating group) is 1. The lowest BCUT2D eigenvalue weighted by Crippen LogP contribution is -2.35. The molecule has 1 N–H and O–H groups in total. The number of hydrogen-bond donors (Lipinski definition) is 1. The molecular weight excluding hydrogens is 256 g/mol. The predicted octanol–water partition coefficient (Wildman–Crippen LogP) is 1.85. The number of rotatable bonds is 7. The molecular formula is C14H24N4O2. The summed E-state index contributed by atoms with van der Waals surface area (Å²) in [7, 11) is 0. The van der Waals surface area contributed by atoms with Crippen molar-refractivity contribution in [3.63, 3.8) is 0 Å². The number of nitrogens with zero attached hydrogens (tertiary/aromatic N) is 3. The van der Waals surface area contributed by atoms with Crippen molar-refractivity contribution in [3.8, 4) is 5.88 Å². The summed E-state index contributed by atoms with van der Waals surface area (Å²) >= 11 is 0. The first-order chi connectivity index (χ1) is 9.46. The molecule has 0 radical (unpaired) electrons. The van der Waals surface area contributed by atoms with E-state index in [0.29, 0.717) is 24.9 Å². The van der Waals surface area contributed by atoms with Gasteiger partial charge in [0.2, 0.25) is 17.7 Å². The maximum Gasteiger partial charge on any atom is 0.241 e. The SMILES string of the molecule is CCN(CC)C(=O)CNc1nc(C)cc(OC(C)C)n1. The van der Waals surface area contributed by atoms with Crippen LogP contribution in [0.4, 0.5) is 5.95 Å². The van der Waals surface area contributed by atoms with Gasteiger partial charge in [0.15, 0.2) is 0 Å². The fourth-order valence-corrected chi connectivity index (χ4v) is 1.76. The fraction of sp³-hybridized carbons (Fsp3) is 0.643. The third-order valence-electron chi connectivity index (χ3n) is 2.70. The quantitative estimate of drug-likeness (QED) is 0.825. The van der Waals surface area contributed by atoms with Crippen molar-refractivity contribution in [1.29, 1.82) is 0 Å². The van der Waals surface area contributed by atoms with Crippen LogP contribution in [-0.2, 0) is 4.79 Å². The van der Waals surface area contributed by atoms with Crippen molar-refractivity contribution in [3.05, 3.63) is 11.8 Å². The molecule has 0 unspecified atom stereocenters. The molecule has 0 bridgehead atoms. The first kappa shape index (κ1) is 16.2. The lowest BCUT2D eigenvalue weighted by molar-refractivity contribution is -0.128. The molecule has 0 fully saturated rings. The first-order valence-electron chi connectivity index (χ1n) is 7.00. The van der Waals surface area contributed by atoms with Gasteiger partial charge >= 0.3 is 0 Å². The predicted molar refractivity (Wildman–Crippen MR) is 79.0 cm³/mol. The molecule has 1 aromatic heterocycles. The highest BCUT2D eigenvalue weighted by Gasteiger charge is 2.11. The number of aromatic nitrogens is 2. The summed E-state index contributed by atoms with van der Waals surface area (Å²) < 4.78 is 5.55. The zero-order valence-corrected chi connectivity index (χ0v) is 12.9. The van der Waals surface area contributed by atoms with Crippen LogP contribution in [0.1, 0.15) is 33.4 Å². The maximum atomic E-state index is 11.9. The van der Waals surface area contributed by atoms with Crippen LogP contribution < -0.4 is 10.1 Å². The second-order valence-corrected chi connectivity index (χ2v) is 4.76. The number of amides is 1. The second-order valence-electron chi connectivity index (χ2n) is 4.76. The number of carbonyl (C=O) groups is 1. The Labute approximate surface area is 120 Å². The van der Waals surface area contributed by atoms with Gasteiger partial charge in [0.25, 0.3) is 0 Å². The third kappa shape index (κ3) is 5.03. The van der Waals surface area contributed by atoms with Crippen LogP contribution in [-0.4, -0.2) is 46.5 Å². The third-order valence-corrected chi connectivity index (χ3v) is 2.70. The van der Waals surface area contributed by atoms with E-state index in [1.807, 2.05) is 34.6 Å². The van der Waals surface area contributed by atoms with Crippen molar-refractivity contribution in [2.45, 2.75) is 40.7 Å². The number of nitrogens with one attached hydrogen (secondary N) is 1. The average molecular weight is 280 g/mol. The molecule has 6 heteroatoms. The zero-order chi connectivity index (χ0) is 15.1. The fourth-order valence-electron chi connectivity index (χ4n) is 1.76. The molecule has 0 aliphatic rings. The Kier molecular flexibility index (Phi) is 6.21. The van der Waals surface area contributed by atoms with Crippen LogP contribution in [0.5, 0.6) is 5.88 Å². The van der Waals surface area contributed by atoms with Crippen molar-refractivity contribution in [2.75, 3.05) is 25.0 Å². The molecule has 1 heterocycles. The van der Waals surface area contributed by atoms with Crippen LogP contribution in [0, 0.1) is 6.92 Å². The Balaban J connectivity index is 2.68. The monoisotopic (exact) mass is 280 g/mol. The topological polar surface area (TPSA) is 67.4 Å². The van der Waals surface area contributed by atoms with Crippen LogP contribution >= 0.6 is 0 Å². The highest BCUT2D eigenvalue weighted by Crippen LogP contribution is 2.13. The van der Waals surface area contributed by atoms with Gasteiger partial charge in [-0.05, 0) is 34.6 Å². The Morgan fingerprint density at radius 3 is 2.55 bits per heavy atom. The van der Waals surface area contributed by atoms with E-state index in [2.05, 4.69) is 15.3 Å². The molecule has 1 rings (SSSR count). The van der Waals surface area contributed by atoms with E-state index < -0.39 is 0 Å². The van der Waals surface area contributed by atoms with Gasteiger partial charge in [-0.2, -0.15) is 4.98 Å². The highest BCUT2D eigenvalue weighted by molar-refractivity contribution is 5.80. The van der Waals surface area contributed by atoms with Gasteiger partial charge < -0.3 is 15.0 Å².